The SMILES string of the molecule is COc1cc(-c2ccc3ncc4c(c3c2)n(-c2cccnc2C)c(=O)n4C)cnc1C(OC)OC. The largest absolute Gasteiger partial charge is 0.495 e. The van der Waals surface area contributed by atoms with Gasteiger partial charge in [-0.3, -0.25) is 24.1 Å². The van der Waals surface area contributed by atoms with Crippen LogP contribution in [0.25, 0.3) is 38.8 Å². The van der Waals surface area contributed by atoms with Crippen molar-refractivity contribution in [1.82, 2.24) is 24.1 Å². The molecule has 0 aliphatic heterocycles. The second kappa shape index (κ2) is 8.94. The van der Waals surface area contributed by atoms with Gasteiger partial charge in [0.15, 0.2) is 0 Å². The molecule has 0 aliphatic carbocycles. The van der Waals surface area contributed by atoms with Gasteiger partial charge in [0.05, 0.1) is 41.2 Å². The minimum atomic E-state index is -0.638. The zero-order valence-corrected chi connectivity index (χ0v) is 20.1. The molecule has 0 aliphatic rings. The van der Waals surface area contributed by atoms with Gasteiger partial charge in [0.25, 0.3) is 0 Å². The molecule has 0 fully saturated rings. The molecule has 9 nitrogen and oxygen atoms in total. The molecule has 0 N–H and O–H groups in total. The van der Waals surface area contributed by atoms with E-state index < -0.39 is 6.29 Å². The van der Waals surface area contributed by atoms with Crippen LogP contribution in [-0.4, -0.2) is 45.4 Å². The fourth-order valence-electron chi connectivity index (χ4n) is 4.39. The maximum atomic E-state index is 13.3. The van der Waals surface area contributed by atoms with Crippen LogP contribution in [0.15, 0.2) is 59.8 Å². The van der Waals surface area contributed by atoms with Crippen LogP contribution in [0.1, 0.15) is 17.7 Å². The van der Waals surface area contributed by atoms with Gasteiger partial charge in [0, 0.05) is 44.6 Å². The van der Waals surface area contributed by atoms with Gasteiger partial charge >= 0.3 is 5.69 Å². The second-order valence-corrected chi connectivity index (χ2v) is 8.12. The average molecular weight is 472 g/mol. The third kappa shape index (κ3) is 3.65. The van der Waals surface area contributed by atoms with Gasteiger partial charge in [-0.2, -0.15) is 0 Å². The van der Waals surface area contributed by atoms with Crippen LogP contribution in [0, 0.1) is 6.92 Å². The van der Waals surface area contributed by atoms with E-state index in [1.54, 1.807) is 56.1 Å². The van der Waals surface area contributed by atoms with Crippen LogP contribution in [0.3, 0.4) is 0 Å². The zero-order valence-electron chi connectivity index (χ0n) is 20.1. The Balaban J connectivity index is 1.77. The number of pyridine rings is 3. The van der Waals surface area contributed by atoms with Crippen LogP contribution in [-0.2, 0) is 16.5 Å². The number of ether oxygens (including phenoxy) is 3. The summed E-state index contributed by atoms with van der Waals surface area (Å²) >= 11 is 0. The molecule has 0 bridgehead atoms. The molecule has 4 aromatic heterocycles. The number of rotatable bonds is 6. The molecule has 5 rings (SSSR count). The van der Waals surface area contributed by atoms with E-state index in [2.05, 4.69) is 15.0 Å². The van der Waals surface area contributed by atoms with Crippen LogP contribution in [0.4, 0.5) is 0 Å². The summed E-state index contributed by atoms with van der Waals surface area (Å²) in [4.78, 5) is 26.8. The molecule has 178 valence electrons. The highest BCUT2D eigenvalue weighted by Crippen LogP contribution is 2.33. The number of aryl methyl sites for hydroxylation is 2. The number of hydrogen-bond acceptors (Lipinski definition) is 7. The van der Waals surface area contributed by atoms with Crippen molar-refractivity contribution in [3.63, 3.8) is 0 Å². The highest BCUT2D eigenvalue weighted by Gasteiger charge is 2.20. The normalized spacial score (nSPS) is 11.6. The smallest absolute Gasteiger partial charge is 0.333 e. The van der Waals surface area contributed by atoms with E-state index in [4.69, 9.17) is 14.2 Å². The Hall–Kier alpha value is -4.08. The predicted molar refractivity (Wildman–Crippen MR) is 133 cm³/mol. The summed E-state index contributed by atoms with van der Waals surface area (Å²) < 4.78 is 19.6. The van der Waals surface area contributed by atoms with Gasteiger partial charge < -0.3 is 14.2 Å². The number of hydrogen-bond donors (Lipinski definition) is 0. The summed E-state index contributed by atoms with van der Waals surface area (Å²) in [5.74, 6) is 0.551. The molecule has 4 heterocycles. The van der Waals surface area contributed by atoms with Crippen molar-refractivity contribution in [3.05, 3.63) is 76.9 Å². The Morgan fingerprint density at radius 2 is 1.74 bits per heavy atom. The Morgan fingerprint density at radius 1 is 0.943 bits per heavy atom. The second-order valence-electron chi connectivity index (χ2n) is 8.12. The molecular formula is C26H25N5O4. The molecule has 0 saturated carbocycles. The van der Waals surface area contributed by atoms with Crippen molar-refractivity contribution in [2.45, 2.75) is 13.2 Å². The molecule has 9 heteroatoms. The first-order chi connectivity index (χ1) is 17.0. The number of nitrogens with zero attached hydrogens (tertiary/aromatic N) is 5. The van der Waals surface area contributed by atoms with E-state index in [9.17, 15) is 4.79 Å². The number of imidazole rings is 1. The molecule has 0 spiro atoms. The van der Waals surface area contributed by atoms with Crippen LogP contribution in [0.5, 0.6) is 5.75 Å². The van der Waals surface area contributed by atoms with Crippen LogP contribution >= 0.6 is 0 Å². The lowest BCUT2D eigenvalue weighted by molar-refractivity contribution is -0.109. The van der Waals surface area contributed by atoms with E-state index in [0.29, 0.717) is 11.4 Å². The minimum Gasteiger partial charge on any atom is -0.495 e. The zero-order chi connectivity index (χ0) is 24.7. The first-order valence-corrected chi connectivity index (χ1v) is 11.0. The molecule has 0 amide bonds. The number of fused-ring (bicyclic) bond motifs is 3. The quantitative estimate of drug-likeness (QED) is 0.346. The van der Waals surface area contributed by atoms with E-state index in [1.165, 1.54) is 0 Å². The molecule has 0 radical (unpaired) electrons. The third-order valence-corrected chi connectivity index (χ3v) is 6.19. The first kappa shape index (κ1) is 22.7. The molecule has 0 unspecified atom stereocenters. The van der Waals surface area contributed by atoms with Crippen molar-refractivity contribution >= 4 is 21.9 Å². The summed E-state index contributed by atoms with van der Waals surface area (Å²) in [6.45, 7) is 1.89. The number of benzene rings is 1. The van der Waals surface area contributed by atoms with Crippen molar-refractivity contribution in [1.29, 1.82) is 0 Å². The molecular weight excluding hydrogens is 446 g/mol. The van der Waals surface area contributed by atoms with Gasteiger partial charge in [-0.15, -0.1) is 0 Å². The number of aromatic nitrogens is 5. The fourth-order valence-corrected chi connectivity index (χ4v) is 4.39. The van der Waals surface area contributed by atoms with Crippen molar-refractivity contribution in [2.24, 2.45) is 7.05 Å². The van der Waals surface area contributed by atoms with Crippen LogP contribution in [0.2, 0.25) is 0 Å². The van der Waals surface area contributed by atoms with Crippen molar-refractivity contribution in [3.8, 4) is 22.6 Å². The lowest BCUT2D eigenvalue weighted by atomic mass is 10.0. The maximum absolute atomic E-state index is 13.3. The Kier molecular flexibility index (Phi) is 5.80. The molecule has 0 saturated heterocycles. The van der Waals surface area contributed by atoms with Gasteiger partial charge in [-0.05, 0) is 42.8 Å². The lowest BCUT2D eigenvalue weighted by Gasteiger charge is -2.16. The average Bonchev–Trinajstić information content (AvgIpc) is 3.15. The monoisotopic (exact) mass is 471 g/mol. The van der Waals surface area contributed by atoms with E-state index in [-0.39, 0.29) is 5.69 Å². The predicted octanol–water partition coefficient (Wildman–Crippen LogP) is 3.94. The van der Waals surface area contributed by atoms with Gasteiger partial charge in [-0.1, -0.05) is 6.07 Å². The molecule has 1 aromatic carbocycles. The van der Waals surface area contributed by atoms with E-state index in [1.807, 2.05) is 43.3 Å². The summed E-state index contributed by atoms with van der Waals surface area (Å²) in [6.07, 6.45) is 4.56. The third-order valence-electron chi connectivity index (χ3n) is 6.19. The molecule has 0 atom stereocenters. The summed E-state index contributed by atoms with van der Waals surface area (Å²) in [5, 5.41) is 0.843. The van der Waals surface area contributed by atoms with Gasteiger partial charge in [0.1, 0.15) is 11.4 Å². The molecule has 35 heavy (non-hydrogen) atoms. The van der Waals surface area contributed by atoms with Crippen LogP contribution < -0.4 is 10.4 Å². The van der Waals surface area contributed by atoms with Gasteiger partial charge in [-0.25, -0.2) is 4.79 Å². The lowest BCUT2D eigenvalue weighted by Crippen LogP contribution is -2.21. The summed E-state index contributed by atoms with van der Waals surface area (Å²) in [7, 11) is 6.43. The van der Waals surface area contributed by atoms with E-state index in [0.717, 1.165) is 44.4 Å². The minimum absolute atomic E-state index is 0.159. The fraction of sp³-hybridized carbons (Fsp3) is 0.231. The molecule has 5 aromatic rings. The number of methoxy groups -OCH3 is 3. The highest BCUT2D eigenvalue weighted by atomic mass is 16.7. The topological polar surface area (TPSA) is 93.3 Å². The Bertz CT molecular complexity index is 1620. The Morgan fingerprint density at radius 3 is 2.46 bits per heavy atom. The van der Waals surface area contributed by atoms with Crippen molar-refractivity contribution < 1.29 is 14.2 Å². The standard InChI is InChI=1S/C26H25N5O4/c1-15-20(7-6-10-27-15)31-24-18-11-16(8-9-19(18)28-14-21(24)30(2)26(31)32)17-12-22(33-3)23(29-13-17)25(34-4)35-5/h6-14,25H,1-5H3. The summed E-state index contributed by atoms with van der Waals surface area (Å²) in [5.41, 5.74) is 5.92. The first-order valence-electron chi connectivity index (χ1n) is 11.0. The van der Waals surface area contributed by atoms with E-state index >= 15 is 0 Å². The maximum Gasteiger partial charge on any atom is 0.333 e. The highest BCUT2D eigenvalue weighted by molar-refractivity contribution is 6.04. The summed E-state index contributed by atoms with van der Waals surface area (Å²) in [6, 6.07) is 11.6. The van der Waals surface area contributed by atoms with Crippen molar-refractivity contribution in [2.75, 3.05) is 21.3 Å². The van der Waals surface area contributed by atoms with Gasteiger partial charge in [0.2, 0.25) is 6.29 Å². The Labute approximate surface area is 201 Å².